The van der Waals surface area contributed by atoms with Crippen molar-refractivity contribution in [1.29, 1.82) is 0 Å². The van der Waals surface area contributed by atoms with Gasteiger partial charge in [-0.2, -0.15) is 16.1 Å². The number of methoxy groups -OCH3 is 1. The summed E-state index contributed by atoms with van der Waals surface area (Å²) in [5.74, 6) is 1.58. The zero-order valence-corrected chi connectivity index (χ0v) is 11.2. The van der Waals surface area contributed by atoms with E-state index in [4.69, 9.17) is 10.5 Å². The lowest BCUT2D eigenvalue weighted by molar-refractivity contribution is 0.0997. The van der Waals surface area contributed by atoms with Gasteiger partial charge in [-0.05, 0) is 24.7 Å². The number of hydrogen-bond acceptors (Lipinski definition) is 7. The van der Waals surface area contributed by atoms with E-state index in [1.807, 2.05) is 6.26 Å². The second-order valence-electron chi connectivity index (χ2n) is 3.71. The molecule has 1 rings (SSSR count). The predicted octanol–water partition coefficient (Wildman–Crippen LogP) is 1.26. The molecule has 0 fully saturated rings. The van der Waals surface area contributed by atoms with Crippen molar-refractivity contribution < 1.29 is 9.84 Å². The number of nitrogens with zero attached hydrogens (tertiary/aromatic N) is 1. The molecule has 0 bridgehead atoms. The molecule has 16 heavy (non-hydrogen) atoms. The monoisotopic (exact) mass is 263 g/mol. The van der Waals surface area contributed by atoms with Crippen molar-refractivity contribution in [3.63, 3.8) is 0 Å². The van der Waals surface area contributed by atoms with Crippen LogP contribution in [0.2, 0.25) is 0 Å². The summed E-state index contributed by atoms with van der Waals surface area (Å²) < 4.78 is 9.09. The Morgan fingerprint density at radius 3 is 2.94 bits per heavy atom. The van der Waals surface area contributed by atoms with Crippen molar-refractivity contribution in [1.82, 2.24) is 4.37 Å². The third-order valence-electron chi connectivity index (χ3n) is 1.96. The molecular formula is C9H17N3O2S2. The van der Waals surface area contributed by atoms with Crippen LogP contribution in [-0.2, 0) is 0 Å². The van der Waals surface area contributed by atoms with Crippen molar-refractivity contribution in [3.8, 4) is 5.75 Å². The van der Waals surface area contributed by atoms with Gasteiger partial charge in [0.1, 0.15) is 0 Å². The third kappa shape index (κ3) is 3.43. The lowest BCUT2D eigenvalue weighted by Gasteiger charge is -2.22. The molecule has 0 aliphatic rings. The maximum absolute atomic E-state index is 9.97. The summed E-state index contributed by atoms with van der Waals surface area (Å²) in [5, 5.41) is 13.8. The predicted molar refractivity (Wildman–Crippen MR) is 70.6 cm³/mol. The summed E-state index contributed by atoms with van der Waals surface area (Å²) in [6.07, 6.45) is 1.96. The lowest BCUT2D eigenvalue weighted by Crippen LogP contribution is -2.35. The highest BCUT2D eigenvalue weighted by atomic mass is 32.2. The zero-order valence-electron chi connectivity index (χ0n) is 9.61. The molecule has 5 nitrogen and oxygen atoms in total. The molecule has 4 N–H and O–H groups in total. The Bertz CT molecular complexity index is 341. The van der Waals surface area contributed by atoms with Crippen molar-refractivity contribution >= 4 is 34.1 Å². The minimum Gasteiger partial charge on any atom is -0.490 e. The summed E-state index contributed by atoms with van der Waals surface area (Å²) >= 11 is 2.83. The standard InChI is InChI=1S/C9H17N3O2S2/c1-9(13,5-15-3)4-11-8-6(14-2)7(10)12-16-8/h11,13H,4-5H2,1-3H3,(H2,10,12). The van der Waals surface area contributed by atoms with E-state index in [1.165, 1.54) is 11.5 Å². The summed E-state index contributed by atoms with van der Waals surface area (Å²) in [6, 6.07) is 0. The molecule has 1 atom stereocenters. The molecule has 7 heteroatoms. The van der Waals surface area contributed by atoms with Crippen LogP contribution < -0.4 is 15.8 Å². The number of rotatable bonds is 6. The fraction of sp³-hybridized carbons (Fsp3) is 0.667. The normalized spacial score (nSPS) is 14.5. The van der Waals surface area contributed by atoms with Gasteiger partial charge in [0.25, 0.3) is 0 Å². The number of nitrogens with one attached hydrogen (secondary N) is 1. The number of aromatic nitrogens is 1. The van der Waals surface area contributed by atoms with Crippen molar-refractivity contribution in [2.24, 2.45) is 0 Å². The largest absolute Gasteiger partial charge is 0.490 e. The van der Waals surface area contributed by atoms with Crippen LogP contribution in [0.5, 0.6) is 5.75 Å². The van der Waals surface area contributed by atoms with Gasteiger partial charge in [0.15, 0.2) is 16.6 Å². The number of thioether (sulfide) groups is 1. The fourth-order valence-electron chi connectivity index (χ4n) is 1.24. The zero-order chi connectivity index (χ0) is 12.2. The van der Waals surface area contributed by atoms with E-state index >= 15 is 0 Å². The number of nitrogen functional groups attached to an aromatic ring is 1. The van der Waals surface area contributed by atoms with E-state index in [9.17, 15) is 5.11 Å². The minimum absolute atomic E-state index is 0.375. The molecule has 0 aliphatic heterocycles. The van der Waals surface area contributed by atoms with Gasteiger partial charge in [-0.15, -0.1) is 0 Å². The SMILES string of the molecule is COc1c(N)nsc1NCC(C)(O)CSC. The van der Waals surface area contributed by atoms with E-state index in [0.717, 1.165) is 5.00 Å². The first kappa shape index (κ1) is 13.4. The van der Waals surface area contributed by atoms with E-state index in [0.29, 0.717) is 23.9 Å². The Morgan fingerprint density at radius 2 is 2.38 bits per heavy atom. The molecule has 1 unspecified atom stereocenters. The van der Waals surface area contributed by atoms with E-state index in [-0.39, 0.29) is 0 Å². The van der Waals surface area contributed by atoms with E-state index in [1.54, 1.807) is 25.8 Å². The second-order valence-corrected chi connectivity index (χ2v) is 5.35. The van der Waals surface area contributed by atoms with Crippen molar-refractivity contribution in [2.75, 3.05) is 36.7 Å². The molecule has 1 aromatic rings. The van der Waals surface area contributed by atoms with Crippen LogP contribution in [-0.4, -0.2) is 40.7 Å². The molecular weight excluding hydrogens is 246 g/mol. The first-order valence-corrected chi connectivity index (χ1v) is 6.91. The smallest absolute Gasteiger partial charge is 0.197 e. The van der Waals surface area contributed by atoms with Gasteiger partial charge in [0.2, 0.25) is 0 Å². The second kappa shape index (κ2) is 5.60. The number of hydrogen-bond donors (Lipinski definition) is 3. The van der Waals surface area contributed by atoms with E-state index < -0.39 is 5.60 Å². The lowest BCUT2D eigenvalue weighted by atomic mass is 10.1. The Labute approximate surface area is 104 Å². The van der Waals surface area contributed by atoms with Crippen LogP contribution in [0.4, 0.5) is 10.8 Å². The van der Waals surface area contributed by atoms with Crippen LogP contribution in [0.1, 0.15) is 6.92 Å². The number of aliphatic hydroxyl groups is 1. The Balaban J connectivity index is 2.60. The number of ether oxygens (including phenoxy) is 1. The first-order chi connectivity index (χ1) is 7.50. The van der Waals surface area contributed by atoms with Crippen LogP contribution in [0, 0.1) is 0 Å². The number of anilines is 2. The average molecular weight is 263 g/mol. The van der Waals surface area contributed by atoms with Gasteiger partial charge < -0.3 is 20.9 Å². The molecule has 0 aliphatic carbocycles. The Morgan fingerprint density at radius 1 is 1.69 bits per heavy atom. The summed E-state index contributed by atoms with van der Waals surface area (Å²) in [6.45, 7) is 2.22. The van der Waals surface area contributed by atoms with Gasteiger partial charge in [-0.3, -0.25) is 0 Å². The molecule has 0 saturated carbocycles. The Hall–Kier alpha value is -0.660. The fourth-order valence-corrected chi connectivity index (χ4v) is 2.64. The average Bonchev–Trinajstić information content (AvgIpc) is 2.56. The topological polar surface area (TPSA) is 80.4 Å². The Kier molecular flexibility index (Phi) is 4.69. The summed E-state index contributed by atoms with van der Waals surface area (Å²) in [4.78, 5) is 0. The highest BCUT2D eigenvalue weighted by molar-refractivity contribution is 7.98. The molecule has 0 aromatic carbocycles. The van der Waals surface area contributed by atoms with Crippen LogP contribution in [0.15, 0.2) is 0 Å². The van der Waals surface area contributed by atoms with Crippen molar-refractivity contribution in [2.45, 2.75) is 12.5 Å². The number of nitrogens with two attached hydrogens (primary N) is 1. The third-order valence-corrected chi connectivity index (χ3v) is 3.67. The van der Waals surface area contributed by atoms with Crippen LogP contribution in [0.3, 0.4) is 0 Å². The quantitative estimate of drug-likeness (QED) is 0.717. The van der Waals surface area contributed by atoms with Gasteiger partial charge in [-0.1, -0.05) is 0 Å². The van der Waals surface area contributed by atoms with E-state index in [2.05, 4.69) is 9.69 Å². The first-order valence-electron chi connectivity index (χ1n) is 4.74. The molecule has 1 heterocycles. The maximum Gasteiger partial charge on any atom is 0.197 e. The molecule has 0 radical (unpaired) electrons. The van der Waals surface area contributed by atoms with Crippen LogP contribution in [0.25, 0.3) is 0 Å². The maximum atomic E-state index is 9.97. The molecule has 0 spiro atoms. The summed E-state index contributed by atoms with van der Waals surface area (Å²) in [7, 11) is 1.55. The molecule has 0 saturated heterocycles. The molecule has 1 aromatic heterocycles. The van der Waals surface area contributed by atoms with Gasteiger partial charge in [0, 0.05) is 12.3 Å². The van der Waals surface area contributed by atoms with Gasteiger partial charge in [0.05, 0.1) is 12.7 Å². The highest BCUT2D eigenvalue weighted by Gasteiger charge is 2.21. The van der Waals surface area contributed by atoms with Crippen molar-refractivity contribution in [3.05, 3.63) is 0 Å². The minimum atomic E-state index is -0.761. The van der Waals surface area contributed by atoms with Crippen LogP contribution >= 0.6 is 23.3 Å². The molecule has 0 amide bonds. The van der Waals surface area contributed by atoms with Gasteiger partial charge in [-0.25, -0.2) is 0 Å². The summed E-state index contributed by atoms with van der Waals surface area (Å²) in [5.41, 5.74) is 4.86. The molecule has 92 valence electrons. The van der Waals surface area contributed by atoms with Gasteiger partial charge >= 0.3 is 0 Å². The highest BCUT2D eigenvalue weighted by Crippen LogP contribution is 2.34.